The van der Waals surface area contributed by atoms with Gasteiger partial charge in [-0.15, -0.1) is 0 Å². The maximum atomic E-state index is 5.78. The second-order valence-corrected chi connectivity index (χ2v) is 4.34. The van der Waals surface area contributed by atoms with Gasteiger partial charge in [-0.25, -0.2) is 4.98 Å². The number of rotatable bonds is 4. The lowest BCUT2D eigenvalue weighted by Crippen LogP contribution is -2.20. The minimum Gasteiger partial charge on any atom is -0.329 e. The summed E-state index contributed by atoms with van der Waals surface area (Å²) in [5.74, 6) is 0.815. The van der Waals surface area contributed by atoms with Crippen molar-refractivity contribution in [3.8, 4) is 0 Å². The van der Waals surface area contributed by atoms with Crippen LogP contribution < -0.4 is 11.5 Å². The molecule has 5 heteroatoms. The fourth-order valence-corrected chi connectivity index (χ4v) is 2.05. The molecule has 0 amide bonds. The Labute approximate surface area is 98.5 Å². The molecule has 1 heterocycles. The Balaban J connectivity index is 2.09. The number of nitrogens with zero attached hydrogens (tertiary/aromatic N) is 2. The van der Waals surface area contributed by atoms with E-state index in [9.17, 15) is 0 Å². The van der Waals surface area contributed by atoms with Crippen molar-refractivity contribution in [3.63, 3.8) is 0 Å². The van der Waals surface area contributed by atoms with Crippen molar-refractivity contribution in [2.75, 3.05) is 6.54 Å². The Morgan fingerprint density at radius 1 is 1.25 bits per heavy atom. The van der Waals surface area contributed by atoms with E-state index in [0.29, 0.717) is 6.54 Å². The zero-order valence-corrected chi connectivity index (χ0v) is 9.65. The van der Waals surface area contributed by atoms with Crippen LogP contribution in [0, 0.1) is 0 Å². The van der Waals surface area contributed by atoms with E-state index in [1.54, 1.807) is 0 Å². The fraction of sp³-hybridized carbons (Fsp3) is 0.273. The average molecular weight is 234 g/mol. The monoisotopic (exact) mass is 234 g/mol. The minimum atomic E-state index is -0.193. The molecule has 2 aromatic rings. The normalized spacial score (nSPS) is 12.6. The summed E-state index contributed by atoms with van der Waals surface area (Å²) in [5, 5.41) is 0.813. The summed E-state index contributed by atoms with van der Waals surface area (Å²) in [6.45, 7) is 0.403. The standard InChI is InChI=1S/C11H14N4S/c12-7-9(13)11-14-10(15-16-11)6-8-4-2-1-3-5-8/h1-5,9H,6-7,12-13H2. The molecule has 0 saturated heterocycles. The highest BCUT2D eigenvalue weighted by Gasteiger charge is 2.10. The zero-order chi connectivity index (χ0) is 11.4. The van der Waals surface area contributed by atoms with Gasteiger partial charge in [0.05, 0.1) is 6.04 Å². The SMILES string of the molecule is NCC(N)c1nc(Cc2ccccc2)ns1. The highest BCUT2D eigenvalue weighted by molar-refractivity contribution is 7.05. The Hall–Kier alpha value is -1.30. The Morgan fingerprint density at radius 2 is 2.00 bits per heavy atom. The summed E-state index contributed by atoms with van der Waals surface area (Å²) in [6, 6.07) is 9.94. The molecule has 4 N–H and O–H groups in total. The van der Waals surface area contributed by atoms with E-state index in [1.165, 1.54) is 17.1 Å². The summed E-state index contributed by atoms with van der Waals surface area (Å²) in [7, 11) is 0. The highest BCUT2D eigenvalue weighted by atomic mass is 32.1. The quantitative estimate of drug-likeness (QED) is 0.830. The molecule has 4 nitrogen and oxygen atoms in total. The molecule has 2 rings (SSSR count). The lowest BCUT2D eigenvalue weighted by atomic mass is 10.1. The summed E-state index contributed by atoms with van der Waals surface area (Å²) in [5.41, 5.74) is 12.5. The van der Waals surface area contributed by atoms with Crippen LogP contribution in [-0.4, -0.2) is 15.9 Å². The molecule has 0 spiro atoms. The zero-order valence-electron chi connectivity index (χ0n) is 8.84. The summed E-state index contributed by atoms with van der Waals surface area (Å²) in [4.78, 5) is 4.38. The Morgan fingerprint density at radius 3 is 2.69 bits per heavy atom. The van der Waals surface area contributed by atoms with E-state index in [1.807, 2.05) is 18.2 Å². The molecule has 0 aliphatic heterocycles. The number of hydrogen-bond acceptors (Lipinski definition) is 5. The van der Waals surface area contributed by atoms with E-state index in [2.05, 4.69) is 21.5 Å². The van der Waals surface area contributed by atoms with Gasteiger partial charge in [0.1, 0.15) is 10.8 Å². The largest absolute Gasteiger partial charge is 0.329 e. The average Bonchev–Trinajstić information content (AvgIpc) is 2.78. The van der Waals surface area contributed by atoms with Crippen LogP contribution >= 0.6 is 11.5 Å². The van der Waals surface area contributed by atoms with E-state index in [-0.39, 0.29) is 6.04 Å². The number of benzene rings is 1. The maximum Gasteiger partial charge on any atom is 0.147 e. The molecular formula is C11H14N4S. The molecule has 0 fully saturated rings. The predicted octanol–water partition coefficient (Wildman–Crippen LogP) is 1.09. The third-order valence-electron chi connectivity index (χ3n) is 2.26. The van der Waals surface area contributed by atoms with Crippen molar-refractivity contribution in [1.82, 2.24) is 9.36 Å². The number of hydrogen-bond donors (Lipinski definition) is 2. The van der Waals surface area contributed by atoms with Crippen LogP contribution in [0.25, 0.3) is 0 Å². The van der Waals surface area contributed by atoms with Gasteiger partial charge in [-0.2, -0.15) is 4.37 Å². The van der Waals surface area contributed by atoms with Crippen LogP contribution in [0.4, 0.5) is 0 Å². The molecule has 1 aromatic heterocycles. The molecule has 1 aromatic carbocycles. The van der Waals surface area contributed by atoms with Crippen molar-refractivity contribution >= 4 is 11.5 Å². The molecule has 1 unspecified atom stereocenters. The topological polar surface area (TPSA) is 77.8 Å². The highest BCUT2D eigenvalue weighted by Crippen LogP contribution is 2.14. The van der Waals surface area contributed by atoms with Crippen LogP contribution in [0.5, 0.6) is 0 Å². The first-order valence-corrected chi connectivity index (χ1v) is 5.89. The summed E-state index contributed by atoms with van der Waals surface area (Å²) in [6.07, 6.45) is 0.745. The van der Waals surface area contributed by atoms with Crippen LogP contribution in [0.2, 0.25) is 0 Å². The molecule has 0 aliphatic carbocycles. The van der Waals surface area contributed by atoms with Crippen molar-refractivity contribution < 1.29 is 0 Å². The first-order chi connectivity index (χ1) is 7.79. The number of aromatic nitrogens is 2. The van der Waals surface area contributed by atoms with Crippen molar-refractivity contribution in [2.45, 2.75) is 12.5 Å². The predicted molar refractivity (Wildman–Crippen MR) is 65.1 cm³/mol. The van der Waals surface area contributed by atoms with Crippen LogP contribution in [0.15, 0.2) is 30.3 Å². The van der Waals surface area contributed by atoms with Crippen molar-refractivity contribution in [3.05, 3.63) is 46.7 Å². The Bertz CT molecular complexity index is 440. The van der Waals surface area contributed by atoms with Gasteiger partial charge in [0.2, 0.25) is 0 Å². The molecule has 0 radical (unpaired) electrons. The van der Waals surface area contributed by atoms with E-state index in [4.69, 9.17) is 11.5 Å². The van der Waals surface area contributed by atoms with Crippen LogP contribution in [0.3, 0.4) is 0 Å². The summed E-state index contributed by atoms with van der Waals surface area (Å²) < 4.78 is 4.28. The van der Waals surface area contributed by atoms with Gasteiger partial charge in [-0.1, -0.05) is 30.3 Å². The third-order valence-corrected chi connectivity index (χ3v) is 3.14. The van der Waals surface area contributed by atoms with Gasteiger partial charge < -0.3 is 11.5 Å². The van der Waals surface area contributed by atoms with Crippen LogP contribution in [-0.2, 0) is 6.42 Å². The first kappa shape index (κ1) is 11.2. The fourth-order valence-electron chi connectivity index (χ4n) is 1.37. The molecule has 0 bridgehead atoms. The molecule has 0 saturated carbocycles. The molecule has 1 atom stereocenters. The lowest BCUT2D eigenvalue weighted by molar-refractivity contribution is 0.725. The van der Waals surface area contributed by atoms with Gasteiger partial charge in [0, 0.05) is 13.0 Å². The van der Waals surface area contributed by atoms with E-state index in [0.717, 1.165) is 17.3 Å². The van der Waals surface area contributed by atoms with Crippen molar-refractivity contribution in [1.29, 1.82) is 0 Å². The first-order valence-electron chi connectivity index (χ1n) is 5.11. The number of nitrogens with two attached hydrogens (primary N) is 2. The van der Waals surface area contributed by atoms with Gasteiger partial charge in [-0.05, 0) is 17.1 Å². The van der Waals surface area contributed by atoms with E-state index >= 15 is 0 Å². The van der Waals surface area contributed by atoms with Gasteiger partial charge in [0.25, 0.3) is 0 Å². The summed E-state index contributed by atoms with van der Waals surface area (Å²) >= 11 is 1.34. The van der Waals surface area contributed by atoms with E-state index < -0.39 is 0 Å². The van der Waals surface area contributed by atoms with Crippen molar-refractivity contribution in [2.24, 2.45) is 11.5 Å². The third kappa shape index (κ3) is 2.63. The maximum absolute atomic E-state index is 5.78. The molecule has 16 heavy (non-hydrogen) atoms. The van der Waals surface area contributed by atoms with Gasteiger partial charge in [-0.3, -0.25) is 0 Å². The second kappa shape index (κ2) is 5.16. The van der Waals surface area contributed by atoms with Crippen LogP contribution in [0.1, 0.15) is 22.4 Å². The van der Waals surface area contributed by atoms with Gasteiger partial charge >= 0.3 is 0 Å². The molecular weight excluding hydrogens is 220 g/mol. The minimum absolute atomic E-state index is 0.193. The smallest absolute Gasteiger partial charge is 0.147 e. The Kier molecular flexibility index (Phi) is 3.61. The second-order valence-electron chi connectivity index (χ2n) is 3.55. The molecule has 84 valence electrons. The van der Waals surface area contributed by atoms with Gasteiger partial charge in [0.15, 0.2) is 0 Å². The lowest BCUT2D eigenvalue weighted by Gasteiger charge is -2.01. The molecule has 0 aliphatic rings.